The fourth-order valence-corrected chi connectivity index (χ4v) is 2.34. The number of rotatable bonds is 5. The highest BCUT2D eigenvalue weighted by Gasteiger charge is 2.52. The van der Waals surface area contributed by atoms with Crippen molar-refractivity contribution in [2.24, 2.45) is 5.73 Å². The molecule has 0 amide bonds. The molecule has 2 N–H and O–H groups in total. The van der Waals surface area contributed by atoms with E-state index in [0.29, 0.717) is 6.42 Å². The molecule has 0 saturated carbocycles. The van der Waals surface area contributed by atoms with Crippen molar-refractivity contribution in [1.29, 1.82) is 0 Å². The maximum atomic E-state index is 11.1. The first-order valence-corrected chi connectivity index (χ1v) is 6.58. The van der Waals surface area contributed by atoms with Gasteiger partial charge in [0.05, 0.1) is 6.10 Å². The molecule has 4 atom stereocenters. The van der Waals surface area contributed by atoms with Gasteiger partial charge in [-0.15, -0.1) is 0 Å². The predicted molar refractivity (Wildman–Crippen MR) is 68.1 cm³/mol. The highest BCUT2D eigenvalue weighted by atomic mass is 16.7. The van der Waals surface area contributed by atoms with Crippen molar-refractivity contribution in [2.75, 3.05) is 0 Å². The number of nitrogens with two attached hydrogens (primary N) is 1. The SMILES string of the molecule is CCCC1C[C@@](N)([C@H](C)OC(C)=O)C(OC(C)=O)O1. The average Bonchev–Trinajstić information content (AvgIpc) is 2.55. The van der Waals surface area contributed by atoms with Gasteiger partial charge in [-0.3, -0.25) is 9.59 Å². The third-order valence-corrected chi connectivity index (χ3v) is 3.32. The van der Waals surface area contributed by atoms with Crippen molar-refractivity contribution in [2.45, 2.75) is 71.0 Å². The Morgan fingerprint density at radius 3 is 2.53 bits per heavy atom. The van der Waals surface area contributed by atoms with Gasteiger partial charge in [-0.05, 0) is 13.3 Å². The van der Waals surface area contributed by atoms with Crippen LogP contribution in [-0.4, -0.2) is 36.0 Å². The molecule has 1 saturated heterocycles. The normalized spacial score (nSPS) is 31.8. The summed E-state index contributed by atoms with van der Waals surface area (Å²) in [5.74, 6) is -0.884. The lowest BCUT2D eigenvalue weighted by atomic mass is 9.89. The van der Waals surface area contributed by atoms with Crippen LogP contribution in [0.25, 0.3) is 0 Å². The number of carbonyl (C=O) groups excluding carboxylic acids is 2. The molecule has 0 aromatic heterocycles. The van der Waals surface area contributed by atoms with E-state index in [-0.39, 0.29) is 6.10 Å². The van der Waals surface area contributed by atoms with Gasteiger partial charge in [0.1, 0.15) is 11.6 Å². The summed E-state index contributed by atoms with van der Waals surface area (Å²) in [5, 5.41) is 0. The Labute approximate surface area is 113 Å². The maximum Gasteiger partial charge on any atom is 0.305 e. The molecule has 0 aromatic carbocycles. The Morgan fingerprint density at radius 2 is 2.05 bits per heavy atom. The number of hydrogen-bond donors (Lipinski definition) is 1. The largest absolute Gasteiger partial charge is 0.461 e. The van der Waals surface area contributed by atoms with E-state index in [1.165, 1.54) is 13.8 Å². The fraction of sp³-hybridized carbons (Fsp3) is 0.846. The van der Waals surface area contributed by atoms with Gasteiger partial charge in [-0.25, -0.2) is 0 Å². The molecule has 0 radical (unpaired) electrons. The first-order chi connectivity index (χ1) is 8.79. The quantitative estimate of drug-likeness (QED) is 0.755. The van der Waals surface area contributed by atoms with Crippen LogP contribution < -0.4 is 5.73 Å². The van der Waals surface area contributed by atoms with Crippen LogP contribution in [0.1, 0.15) is 47.0 Å². The molecule has 0 spiro atoms. The van der Waals surface area contributed by atoms with E-state index in [2.05, 4.69) is 0 Å². The summed E-state index contributed by atoms with van der Waals surface area (Å²) in [4.78, 5) is 22.2. The van der Waals surface area contributed by atoms with Crippen molar-refractivity contribution in [3.8, 4) is 0 Å². The highest BCUT2D eigenvalue weighted by molar-refractivity contribution is 5.67. The Morgan fingerprint density at radius 1 is 1.42 bits per heavy atom. The zero-order valence-electron chi connectivity index (χ0n) is 12.0. The van der Waals surface area contributed by atoms with E-state index in [9.17, 15) is 9.59 Å². The number of carbonyl (C=O) groups is 2. The lowest BCUT2D eigenvalue weighted by Gasteiger charge is -2.33. The second-order valence-electron chi connectivity index (χ2n) is 5.06. The van der Waals surface area contributed by atoms with Crippen LogP contribution in [-0.2, 0) is 23.8 Å². The van der Waals surface area contributed by atoms with Crippen LogP contribution in [0, 0.1) is 0 Å². The van der Waals surface area contributed by atoms with Crippen LogP contribution in [0.4, 0.5) is 0 Å². The first kappa shape index (κ1) is 15.9. The second kappa shape index (κ2) is 6.34. The Bertz CT molecular complexity index is 346. The smallest absolute Gasteiger partial charge is 0.305 e. The maximum absolute atomic E-state index is 11.1. The average molecular weight is 273 g/mol. The highest BCUT2D eigenvalue weighted by Crippen LogP contribution is 2.35. The lowest BCUT2D eigenvalue weighted by molar-refractivity contribution is -0.190. The van der Waals surface area contributed by atoms with E-state index < -0.39 is 29.9 Å². The zero-order chi connectivity index (χ0) is 14.6. The zero-order valence-corrected chi connectivity index (χ0v) is 12.0. The molecule has 1 rings (SSSR count). The Hall–Kier alpha value is -1.14. The Balaban J connectivity index is 2.84. The predicted octanol–water partition coefficient (Wildman–Crippen LogP) is 1.11. The number of esters is 2. The minimum atomic E-state index is -1.00. The molecule has 1 heterocycles. The van der Waals surface area contributed by atoms with Crippen LogP contribution in [0.3, 0.4) is 0 Å². The van der Waals surface area contributed by atoms with Crippen molar-refractivity contribution < 1.29 is 23.8 Å². The molecule has 110 valence electrons. The topological polar surface area (TPSA) is 87.9 Å². The van der Waals surface area contributed by atoms with Crippen molar-refractivity contribution in [3.63, 3.8) is 0 Å². The summed E-state index contributed by atoms with van der Waals surface area (Å²) < 4.78 is 15.9. The summed E-state index contributed by atoms with van der Waals surface area (Å²) in [6.45, 7) is 6.35. The molecule has 6 heteroatoms. The second-order valence-corrected chi connectivity index (χ2v) is 5.06. The standard InChI is InChI=1S/C13H23NO5/c1-5-6-11-7-13(14,8(2)17-9(3)15)12(19-11)18-10(4)16/h8,11-12H,5-7,14H2,1-4H3/t8-,11?,12?,13+/m0/s1. The molecule has 1 aliphatic rings. The summed E-state index contributed by atoms with van der Waals surface area (Å²) >= 11 is 0. The van der Waals surface area contributed by atoms with Gasteiger partial charge in [0.2, 0.25) is 6.29 Å². The molecular weight excluding hydrogens is 250 g/mol. The molecule has 0 bridgehead atoms. The lowest BCUT2D eigenvalue weighted by Crippen LogP contribution is -2.58. The van der Waals surface area contributed by atoms with Crippen molar-refractivity contribution >= 4 is 11.9 Å². The van der Waals surface area contributed by atoms with Crippen molar-refractivity contribution in [3.05, 3.63) is 0 Å². The van der Waals surface area contributed by atoms with Gasteiger partial charge in [-0.1, -0.05) is 13.3 Å². The molecule has 6 nitrogen and oxygen atoms in total. The number of ether oxygens (including phenoxy) is 3. The monoisotopic (exact) mass is 273 g/mol. The van der Waals surface area contributed by atoms with Crippen molar-refractivity contribution in [1.82, 2.24) is 0 Å². The summed E-state index contributed by atoms with van der Waals surface area (Å²) in [6, 6.07) is 0. The van der Waals surface area contributed by atoms with E-state index in [1.807, 2.05) is 6.92 Å². The van der Waals surface area contributed by atoms with Crippen LogP contribution in [0.2, 0.25) is 0 Å². The molecule has 19 heavy (non-hydrogen) atoms. The summed E-state index contributed by atoms with van der Waals surface area (Å²) in [7, 11) is 0. The Kier molecular flexibility index (Phi) is 5.31. The molecule has 0 aromatic rings. The minimum absolute atomic E-state index is 0.0858. The van der Waals surface area contributed by atoms with E-state index in [0.717, 1.165) is 12.8 Å². The van der Waals surface area contributed by atoms with Crippen LogP contribution in [0.5, 0.6) is 0 Å². The minimum Gasteiger partial charge on any atom is -0.461 e. The van der Waals surface area contributed by atoms with Crippen LogP contribution >= 0.6 is 0 Å². The van der Waals surface area contributed by atoms with Gasteiger partial charge < -0.3 is 19.9 Å². The van der Waals surface area contributed by atoms with E-state index in [1.54, 1.807) is 6.92 Å². The first-order valence-electron chi connectivity index (χ1n) is 6.58. The van der Waals surface area contributed by atoms with Crippen LogP contribution in [0.15, 0.2) is 0 Å². The third-order valence-electron chi connectivity index (χ3n) is 3.32. The van der Waals surface area contributed by atoms with Gasteiger partial charge >= 0.3 is 11.9 Å². The third kappa shape index (κ3) is 3.91. The van der Waals surface area contributed by atoms with Gasteiger partial charge in [-0.2, -0.15) is 0 Å². The van der Waals surface area contributed by atoms with Gasteiger partial charge in [0.25, 0.3) is 0 Å². The number of hydrogen-bond acceptors (Lipinski definition) is 6. The molecule has 0 aliphatic carbocycles. The molecule has 1 fully saturated rings. The fourth-order valence-electron chi connectivity index (χ4n) is 2.34. The molecule has 2 unspecified atom stereocenters. The van der Waals surface area contributed by atoms with E-state index >= 15 is 0 Å². The summed E-state index contributed by atoms with van der Waals surface area (Å²) in [5.41, 5.74) is 5.28. The molecular formula is C13H23NO5. The summed E-state index contributed by atoms with van der Waals surface area (Å²) in [6.07, 6.45) is 0.705. The van der Waals surface area contributed by atoms with Gasteiger partial charge in [0, 0.05) is 20.3 Å². The van der Waals surface area contributed by atoms with E-state index in [4.69, 9.17) is 19.9 Å². The molecule has 1 aliphatic heterocycles. The van der Waals surface area contributed by atoms with Gasteiger partial charge in [0.15, 0.2) is 0 Å².